The van der Waals surface area contributed by atoms with Gasteiger partial charge in [0, 0.05) is 5.92 Å². The number of nitrogens with one attached hydrogen (secondary N) is 1. The lowest BCUT2D eigenvalue weighted by molar-refractivity contribution is -0.110. The predicted octanol–water partition coefficient (Wildman–Crippen LogP) is 2.28. The van der Waals surface area contributed by atoms with Crippen molar-refractivity contribution < 1.29 is 4.79 Å². The van der Waals surface area contributed by atoms with Gasteiger partial charge in [-0.3, -0.25) is 0 Å². The van der Waals surface area contributed by atoms with E-state index in [4.69, 9.17) is 0 Å². The Bertz CT molecular complexity index is 356. The number of aryl methyl sites for hydroxylation is 1. The molecule has 1 aromatic rings. The van der Waals surface area contributed by atoms with E-state index in [0.717, 1.165) is 32.2 Å². The fourth-order valence-corrected chi connectivity index (χ4v) is 2.54. The third-order valence-corrected chi connectivity index (χ3v) is 3.47. The summed E-state index contributed by atoms with van der Waals surface area (Å²) in [5.41, 5.74) is 2.42. The van der Waals surface area contributed by atoms with Gasteiger partial charge in [-0.25, -0.2) is 0 Å². The third-order valence-electron chi connectivity index (χ3n) is 3.47. The van der Waals surface area contributed by atoms with E-state index < -0.39 is 0 Å². The van der Waals surface area contributed by atoms with E-state index in [2.05, 4.69) is 30.4 Å². The maximum Gasteiger partial charge on any atom is 0.127 e. The van der Waals surface area contributed by atoms with Gasteiger partial charge in [0.25, 0.3) is 0 Å². The largest absolute Gasteiger partial charge is 0.317 e. The van der Waals surface area contributed by atoms with Crippen molar-refractivity contribution in [2.24, 2.45) is 5.92 Å². The second-order valence-electron chi connectivity index (χ2n) is 4.66. The number of rotatable bonds is 3. The molecule has 0 radical (unpaired) electrons. The molecule has 1 heterocycles. The number of hydrogen-bond acceptors (Lipinski definition) is 2. The maximum atomic E-state index is 11.3. The summed E-state index contributed by atoms with van der Waals surface area (Å²) >= 11 is 0. The number of hydrogen-bond donors (Lipinski definition) is 1. The zero-order chi connectivity index (χ0) is 11.4. The first-order valence-electron chi connectivity index (χ1n) is 6.04. The summed E-state index contributed by atoms with van der Waals surface area (Å²) in [5.74, 6) is 0.600. The molecular formula is C14H19NO. The molecule has 2 rings (SSSR count). The van der Waals surface area contributed by atoms with Crippen molar-refractivity contribution in [2.75, 3.05) is 13.1 Å². The van der Waals surface area contributed by atoms with Gasteiger partial charge in [-0.15, -0.1) is 0 Å². The Kier molecular flexibility index (Phi) is 3.73. The summed E-state index contributed by atoms with van der Waals surface area (Å²) in [6.07, 6.45) is 3.35. The Labute approximate surface area is 97.1 Å². The Balaban J connectivity index is 2.17. The Morgan fingerprint density at radius 3 is 2.75 bits per heavy atom. The van der Waals surface area contributed by atoms with Crippen LogP contribution in [-0.2, 0) is 4.79 Å². The molecule has 0 aromatic heterocycles. The highest BCUT2D eigenvalue weighted by atomic mass is 16.1. The highest BCUT2D eigenvalue weighted by Crippen LogP contribution is 2.29. The van der Waals surface area contributed by atoms with E-state index in [0.29, 0.717) is 5.92 Å². The van der Waals surface area contributed by atoms with Crippen LogP contribution in [0.5, 0.6) is 0 Å². The Morgan fingerprint density at radius 1 is 1.38 bits per heavy atom. The highest BCUT2D eigenvalue weighted by molar-refractivity contribution is 5.63. The fourth-order valence-electron chi connectivity index (χ4n) is 2.54. The van der Waals surface area contributed by atoms with Crippen molar-refractivity contribution in [1.82, 2.24) is 5.32 Å². The van der Waals surface area contributed by atoms with Gasteiger partial charge in [0.2, 0.25) is 0 Å². The van der Waals surface area contributed by atoms with Gasteiger partial charge < -0.3 is 10.1 Å². The fraction of sp³-hybridized carbons (Fsp3) is 0.500. The van der Waals surface area contributed by atoms with E-state index in [9.17, 15) is 4.79 Å². The molecule has 1 aromatic carbocycles. The Hall–Kier alpha value is -1.15. The predicted molar refractivity (Wildman–Crippen MR) is 65.6 cm³/mol. The number of piperidine rings is 1. The van der Waals surface area contributed by atoms with Gasteiger partial charge >= 0.3 is 0 Å². The molecule has 0 spiro atoms. The minimum absolute atomic E-state index is 0.0852. The first-order valence-corrected chi connectivity index (χ1v) is 6.04. The van der Waals surface area contributed by atoms with Crippen molar-refractivity contribution in [2.45, 2.75) is 25.7 Å². The number of carbonyl (C=O) groups is 1. The van der Waals surface area contributed by atoms with Crippen molar-refractivity contribution in [3.05, 3.63) is 35.4 Å². The number of benzene rings is 1. The molecule has 1 atom stereocenters. The minimum Gasteiger partial charge on any atom is -0.317 e. The van der Waals surface area contributed by atoms with E-state index in [-0.39, 0.29) is 5.92 Å². The molecule has 0 aliphatic carbocycles. The van der Waals surface area contributed by atoms with Crippen molar-refractivity contribution in [3.63, 3.8) is 0 Å². The van der Waals surface area contributed by atoms with Gasteiger partial charge in [0.15, 0.2) is 0 Å². The van der Waals surface area contributed by atoms with Gasteiger partial charge in [0.05, 0.1) is 0 Å². The lowest BCUT2D eigenvalue weighted by Gasteiger charge is -2.27. The molecule has 0 bridgehead atoms. The maximum absolute atomic E-state index is 11.3. The normalized spacial score (nSPS) is 19.3. The van der Waals surface area contributed by atoms with Crippen LogP contribution in [0.2, 0.25) is 0 Å². The van der Waals surface area contributed by atoms with Crippen molar-refractivity contribution in [3.8, 4) is 0 Å². The monoisotopic (exact) mass is 217 g/mol. The van der Waals surface area contributed by atoms with E-state index in [1.165, 1.54) is 11.1 Å². The molecule has 1 aliphatic rings. The average molecular weight is 217 g/mol. The lowest BCUT2D eigenvalue weighted by Crippen LogP contribution is -2.31. The summed E-state index contributed by atoms with van der Waals surface area (Å²) in [6.45, 7) is 4.16. The van der Waals surface area contributed by atoms with Crippen LogP contribution in [0.25, 0.3) is 0 Å². The van der Waals surface area contributed by atoms with Crippen LogP contribution < -0.4 is 5.32 Å². The molecule has 16 heavy (non-hydrogen) atoms. The molecule has 86 valence electrons. The van der Waals surface area contributed by atoms with Crippen LogP contribution in [0.3, 0.4) is 0 Å². The molecule has 1 unspecified atom stereocenters. The average Bonchev–Trinajstić information content (AvgIpc) is 2.31. The summed E-state index contributed by atoms with van der Waals surface area (Å²) in [4.78, 5) is 11.3. The third kappa shape index (κ3) is 2.50. The topological polar surface area (TPSA) is 29.1 Å². The van der Waals surface area contributed by atoms with Gasteiger partial charge in [0.1, 0.15) is 6.29 Å². The standard InChI is InChI=1S/C14H19NO/c1-11-3-2-4-13(9-11)14(10-16)12-5-7-15-8-6-12/h2-4,9-10,12,14-15H,5-8H2,1H3. The van der Waals surface area contributed by atoms with E-state index in [1.807, 2.05) is 6.07 Å². The zero-order valence-electron chi connectivity index (χ0n) is 9.78. The van der Waals surface area contributed by atoms with E-state index in [1.54, 1.807) is 0 Å². The summed E-state index contributed by atoms with van der Waals surface area (Å²) in [5, 5.41) is 3.34. The smallest absolute Gasteiger partial charge is 0.127 e. The summed E-state index contributed by atoms with van der Waals surface area (Å²) < 4.78 is 0. The summed E-state index contributed by atoms with van der Waals surface area (Å²) in [7, 11) is 0. The van der Waals surface area contributed by atoms with Crippen LogP contribution in [0.1, 0.15) is 29.9 Å². The quantitative estimate of drug-likeness (QED) is 0.787. The van der Waals surface area contributed by atoms with Gasteiger partial charge in [-0.1, -0.05) is 29.8 Å². The highest BCUT2D eigenvalue weighted by Gasteiger charge is 2.24. The van der Waals surface area contributed by atoms with Crippen LogP contribution in [0, 0.1) is 12.8 Å². The number of aldehydes is 1. The Morgan fingerprint density at radius 2 is 2.12 bits per heavy atom. The van der Waals surface area contributed by atoms with Crippen LogP contribution in [-0.4, -0.2) is 19.4 Å². The number of carbonyl (C=O) groups excluding carboxylic acids is 1. The molecule has 2 nitrogen and oxygen atoms in total. The zero-order valence-corrected chi connectivity index (χ0v) is 9.78. The van der Waals surface area contributed by atoms with Crippen molar-refractivity contribution in [1.29, 1.82) is 0 Å². The molecule has 1 fully saturated rings. The van der Waals surface area contributed by atoms with Gasteiger partial charge in [-0.05, 0) is 44.3 Å². The summed E-state index contributed by atoms with van der Waals surface area (Å²) in [6, 6.07) is 8.34. The lowest BCUT2D eigenvalue weighted by atomic mass is 9.81. The molecule has 1 saturated heterocycles. The molecule has 0 amide bonds. The van der Waals surface area contributed by atoms with Crippen LogP contribution >= 0.6 is 0 Å². The SMILES string of the molecule is Cc1cccc(C(C=O)C2CCNCC2)c1. The second kappa shape index (κ2) is 5.26. The molecular weight excluding hydrogens is 198 g/mol. The second-order valence-corrected chi connectivity index (χ2v) is 4.66. The van der Waals surface area contributed by atoms with Crippen molar-refractivity contribution >= 4 is 6.29 Å². The van der Waals surface area contributed by atoms with Crippen LogP contribution in [0.15, 0.2) is 24.3 Å². The minimum atomic E-state index is 0.0852. The molecule has 2 heteroatoms. The van der Waals surface area contributed by atoms with Gasteiger partial charge in [-0.2, -0.15) is 0 Å². The first kappa shape index (κ1) is 11.3. The molecule has 0 saturated carbocycles. The van der Waals surface area contributed by atoms with Crippen LogP contribution in [0.4, 0.5) is 0 Å². The molecule has 1 N–H and O–H groups in total. The molecule has 1 aliphatic heterocycles. The van der Waals surface area contributed by atoms with E-state index >= 15 is 0 Å². The first-order chi connectivity index (χ1) is 7.81.